The molecule has 0 amide bonds. The van der Waals surface area contributed by atoms with Gasteiger partial charge in [-0.15, -0.1) is 0 Å². The van der Waals surface area contributed by atoms with E-state index in [9.17, 15) is 8.42 Å². The fraction of sp³-hybridized carbons (Fsp3) is 0.733. The largest absolute Gasteiger partial charge is 0.464 e. The Kier molecular flexibility index (Phi) is 5.46. The van der Waals surface area contributed by atoms with Crippen molar-refractivity contribution in [3.63, 3.8) is 0 Å². The molecule has 2 unspecified atom stereocenters. The molecule has 1 aliphatic heterocycles. The van der Waals surface area contributed by atoms with Gasteiger partial charge in [0, 0.05) is 6.42 Å². The number of nitrogens with zero attached hydrogens (tertiary/aromatic N) is 1. The van der Waals surface area contributed by atoms with Crippen molar-refractivity contribution < 1.29 is 12.8 Å². The van der Waals surface area contributed by atoms with E-state index in [-0.39, 0.29) is 11.8 Å². The highest BCUT2D eigenvalue weighted by Gasteiger charge is 2.29. The number of hydrogen-bond acceptors (Lipinski definition) is 4. The summed E-state index contributed by atoms with van der Waals surface area (Å²) in [5, 5.41) is 5.08. The third-order valence-corrected chi connectivity index (χ3v) is 5.07. The summed E-state index contributed by atoms with van der Waals surface area (Å²) in [4.78, 5) is 2.34. The maximum Gasteiger partial charge on any atom is 0.209 e. The predicted molar refractivity (Wildman–Crippen MR) is 83.4 cm³/mol. The first-order chi connectivity index (χ1) is 9.89. The van der Waals surface area contributed by atoms with E-state index in [4.69, 9.17) is 9.56 Å². The first-order valence-electron chi connectivity index (χ1n) is 7.72. The SMILES string of the molecule is CCc1ccc(C2CC(C)CCN2CCCS(N)(=O)=O)o1. The van der Waals surface area contributed by atoms with E-state index in [0.29, 0.717) is 12.3 Å². The maximum absolute atomic E-state index is 11.1. The standard InChI is InChI=1S/C15H26N2O3S/c1-3-13-5-6-15(20-13)14-11-12(2)7-9-17(14)8-4-10-21(16,18)19/h5-6,12,14H,3-4,7-11H2,1-2H3,(H2,16,18,19). The Morgan fingerprint density at radius 1 is 1.43 bits per heavy atom. The number of likely N-dealkylation sites (tertiary alicyclic amines) is 1. The van der Waals surface area contributed by atoms with E-state index in [1.165, 1.54) is 0 Å². The number of furan rings is 1. The summed E-state index contributed by atoms with van der Waals surface area (Å²) >= 11 is 0. The number of primary sulfonamides is 1. The lowest BCUT2D eigenvalue weighted by atomic mass is 9.91. The minimum Gasteiger partial charge on any atom is -0.464 e. The normalized spacial score (nSPS) is 24.3. The van der Waals surface area contributed by atoms with Crippen LogP contribution in [-0.2, 0) is 16.4 Å². The minimum absolute atomic E-state index is 0.0458. The second kappa shape index (κ2) is 6.94. The van der Waals surface area contributed by atoms with Crippen LogP contribution in [0.15, 0.2) is 16.5 Å². The van der Waals surface area contributed by atoms with Crippen LogP contribution in [0, 0.1) is 5.92 Å². The van der Waals surface area contributed by atoms with Crippen molar-refractivity contribution in [3.8, 4) is 0 Å². The molecule has 0 saturated carbocycles. The van der Waals surface area contributed by atoms with Gasteiger partial charge in [-0.05, 0) is 50.4 Å². The fourth-order valence-electron chi connectivity index (χ4n) is 2.99. The fourth-order valence-corrected chi connectivity index (χ4v) is 3.52. The molecule has 1 fully saturated rings. The Morgan fingerprint density at radius 3 is 2.81 bits per heavy atom. The van der Waals surface area contributed by atoms with Gasteiger partial charge in [-0.1, -0.05) is 13.8 Å². The highest BCUT2D eigenvalue weighted by molar-refractivity contribution is 7.89. The zero-order chi connectivity index (χ0) is 15.5. The summed E-state index contributed by atoms with van der Waals surface area (Å²) in [7, 11) is -3.37. The number of hydrogen-bond donors (Lipinski definition) is 1. The third kappa shape index (κ3) is 4.83. The monoisotopic (exact) mass is 314 g/mol. The molecule has 1 saturated heterocycles. The van der Waals surface area contributed by atoms with Gasteiger partial charge in [0.05, 0.1) is 11.8 Å². The second-order valence-electron chi connectivity index (χ2n) is 6.06. The van der Waals surface area contributed by atoms with Crippen LogP contribution < -0.4 is 5.14 Å². The summed E-state index contributed by atoms with van der Waals surface area (Å²) in [5.74, 6) is 2.73. The number of rotatable bonds is 6. The van der Waals surface area contributed by atoms with Gasteiger partial charge in [0.25, 0.3) is 0 Å². The van der Waals surface area contributed by atoms with Crippen LogP contribution in [-0.4, -0.2) is 32.2 Å². The Hall–Kier alpha value is -0.850. The maximum atomic E-state index is 11.1. The highest BCUT2D eigenvalue weighted by atomic mass is 32.2. The van der Waals surface area contributed by atoms with Crippen LogP contribution in [0.4, 0.5) is 0 Å². The lowest BCUT2D eigenvalue weighted by Gasteiger charge is -2.37. The van der Waals surface area contributed by atoms with Crippen molar-refractivity contribution in [3.05, 3.63) is 23.7 Å². The molecule has 2 heterocycles. The molecule has 0 spiro atoms. The molecule has 120 valence electrons. The first-order valence-corrected chi connectivity index (χ1v) is 9.43. The molecule has 21 heavy (non-hydrogen) atoms. The zero-order valence-corrected chi connectivity index (χ0v) is 13.7. The van der Waals surface area contributed by atoms with Gasteiger partial charge >= 0.3 is 0 Å². The van der Waals surface area contributed by atoms with E-state index >= 15 is 0 Å². The van der Waals surface area contributed by atoms with Crippen LogP contribution in [0.25, 0.3) is 0 Å². The summed E-state index contributed by atoms with van der Waals surface area (Å²) in [6.07, 6.45) is 3.68. The number of nitrogens with two attached hydrogens (primary N) is 1. The van der Waals surface area contributed by atoms with Crippen LogP contribution in [0.3, 0.4) is 0 Å². The van der Waals surface area contributed by atoms with E-state index in [2.05, 4.69) is 24.8 Å². The second-order valence-corrected chi connectivity index (χ2v) is 7.79. The van der Waals surface area contributed by atoms with Gasteiger partial charge in [-0.25, -0.2) is 13.6 Å². The summed E-state index contributed by atoms with van der Waals surface area (Å²) in [6.45, 7) is 6.07. The molecule has 5 nitrogen and oxygen atoms in total. The molecule has 2 rings (SSSR count). The molecular formula is C15H26N2O3S. The Morgan fingerprint density at radius 2 is 2.19 bits per heavy atom. The average molecular weight is 314 g/mol. The summed E-state index contributed by atoms with van der Waals surface area (Å²) in [6, 6.07) is 4.36. The highest BCUT2D eigenvalue weighted by Crippen LogP contribution is 2.34. The molecule has 2 N–H and O–H groups in total. The van der Waals surface area contributed by atoms with Gasteiger partial charge in [-0.3, -0.25) is 4.90 Å². The molecule has 6 heteroatoms. The third-order valence-electron chi connectivity index (χ3n) is 4.21. The van der Waals surface area contributed by atoms with Crippen LogP contribution in [0.5, 0.6) is 0 Å². The zero-order valence-electron chi connectivity index (χ0n) is 12.9. The van der Waals surface area contributed by atoms with Gasteiger partial charge in [0.1, 0.15) is 11.5 Å². The van der Waals surface area contributed by atoms with Crippen molar-refractivity contribution in [1.29, 1.82) is 0 Å². The molecule has 2 atom stereocenters. The van der Waals surface area contributed by atoms with Gasteiger partial charge in [-0.2, -0.15) is 0 Å². The van der Waals surface area contributed by atoms with Gasteiger partial charge in [0.15, 0.2) is 0 Å². The van der Waals surface area contributed by atoms with Crippen molar-refractivity contribution in [2.24, 2.45) is 11.1 Å². The lowest BCUT2D eigenvalue weighted by Crippen LogP contribution is -2.37. The molecular weight excluding hydrogens is 288 g/mol. The van der Waals surface area contributed by atoms with Crippen molar-refractivity contribution in [1.82, 2.24) is 4.90 Å². The van der Waals surface area contributed by atoms with E-state index in [1.54, 1.807) is 0 Å². The molecule has 1 aliphatic rings. The summed E-state index contributed by atoms with van der Waals surface area (Å²) < 4.78 is 28.0. The van der Waals surface area contributed by atoms with Crippen molar-refractivity contribution in [2.75, 3.05) is 18.8 Å². The van der Waals surface area contributed by atoms with E-state index < -0.39 is 10.0 Å². The van der Waals surface area contributed by atoms with E-state index in [1.807, 2.05) is 6.07 Å². The van der Waals surface area contributed by atoms with Gasteiger partial charge < -0.3 is 4.42 Å². The van der Waals surface area contributed by atoms with Crippen LogP contribution >= 0.6 is 0 Å². The number of aryl methyl sites for hydroxylation is 1. The predicted octanol–water partition coefficient (Wildman–Crippen LogP) is 2.29. The topological polar surface area (TPSA) is 76.5 Å². The molecule has 0 radical (unpaired) electrons. The summed E-state index contributed by atoms with van der Waals surface area (Å²) in [5.41, 5.74) is 0. The molecule has 1 aromatic rings. The van der Waals surface area contributed by atoms with Crippen molar-refractivity contribution >= 4 is 10.0 Å². The molecule has 1 aromatic heterocycles. The quantitative estimate of drug-likeness (QED) is 0.874. The Labute approximate surface area is 127 Å². The Balaban J connectivity index is 2.02. The van der Waals surface area contributed by atoms with Crippen molar-refractivity contribution in [2.45, 2.75) is 45.6 Å². The van der Waals surface area contributed by atoms with Crippen LogP contribution in [0.2, 0.25) is 0 Å². The number of piperidine rings is 1. The number of sulfonamides is 1. The minimum atomic E-state index is -3.37. The average Bonchev–Trinajstić information content (AvgIpc) is 2.87. The molecule has 0 aromatic carbocycles. The first kappa shape index (κ1) is 16.5. The molecule has 0 aliphatic carbocycles. The molecule has 0 bridgehead atoms. The lowest BCUT2D eigenvalue weighted by molar-refractivity contribution is 0.101. The van der Waals surface area contributed by atoms with Gasteiger partial charge in [0.2, 0.25) is 10.0 Å². The van der Waals surface area contributed by atoms with Crippen LogP contribution in [0.1, 0.15) is 50.7 Å². The Bertz CT molecular complexity index is 553. The van der Waals surface area contributed by atoms with E-state index in [0.717, 1.165) is 43.9 Å². The smallest absolute Gasteiger partial charge is 0.209 e.